The number of piperidine rings is 2. The summed E-state index contributed by atoms with van der Waals surface area (Å²) >= 11 is 0. The Morgan fingerprint density at radius 1 is 1.30 bits per heavy atom. The molecule has 4 nitrogen and oxygen atoms in total. The van der Waals surface area contributed by atoms with E-state index in [1.165, 1.54) is 25.7 Å². The maximum absolute atomic E-state index is 12.4. The zero-order valence-electron chi connectivity index (χ0n) is 13.6. The number of nitrogens with one attached hydrogen (secondary N) is 2. The third-order valence-electron chi connectivity index (χ3n) is 4.68. The molecule has 2 rings (SSSR count). The molecule has 0 aromatic carbocycles. The summed E-state index contributed by atoms with van der Waals surface area (Å²) in [7, 11) is 0. The Balaban J connectivity index is 1.96. The van der Waals surface area contributed by atoms with Gasteiger partial charge in [0.15, 0.2) is 0 Å². The first-order chi connectivity index (χ1) is 9.31. The van der Waals surface area contributed by atoms with Crippen molar-refractivity contribution < 1.29 is 4.79 Å². The molecule has 0 bridgehead atoms. The normalized spacial score (nSPS) is 30.2. The van der Waals surface area contributed by atoms with Crippen LogP contribution < -0.4 is 10.6 Å². The molecular weight excluding hydrogens is 250 g/mol. The van der Waals surface area contributed by atoms with Crippen molar-refractivity contribution in [3.05, 3.63) is 0 Å². The Morgan fingerprint density at radius 3 is 2.60 bits per heavy atom. The second kappa shape index (κ2) is 6.02. The van der Waals surface area contributed by atoms with Gasteiger partial charge >= 0.3 is 0 Å². The van der Waals surface area contributed by atoms with Crippen LogP contribution in [0.1, 0.15) is 53.4 Å². The summed E-state index contributed by atoms with van der Waals surface area (Å²) < 4.78 is 0. The molecule has 2 N–H and O–H groups in total. The van der Waals surface area contributed by atoms with Crippen LogP contribution in [0.25, 0.3) is 0 Å². The fraction of sp³-hybridized carbons (Fsp3) is 0.938. The van der Waals surface area contributed by atoms with Crippen molar-refractivity contribution in [1.82, 2.24) is 15.5 Å². The van der Waals surface area contributed by atoms with Gasteiger partial charge in [0.2, 0.25) is 5.91 Å². The SMILES string of the molecule is CC(C(=O)NC(C)(C)C)N1CCCC2(CCCNC2)C1. The third-order valence-corrected chi connectivity index (χ3v) is 4.68. The molecule has 20 heavy (non-hydrogen) atoms. The van der Waals surface area contributed by atoms with Gasteiger partial charge in [0, 0.05) is 18.6 Å². The van der Waals surface area contributed by atoms with E-state index >= 15 is 0 Å². The highest BCUT2D eigenvalue weighted by atomic mass is 16.2. The lowest BCUT2D eigenvalue weighted by Gasteiger charge is -2.47. The van der Waals surface area contributed by atoms with Gasteiger partial charge in [-0.1, -0.05) is 0 Å². The van der Waals surface area contributed by atoms with Crippen molar-refractivity contribution in [3.63, 3.8) is 0 Å². The van der Waals surface area contributed by atoms with Crippen LogP contribution in [0.4, 0.5) is 0 Å². The van der Waals surface area contributed by atoms with Gasteiger partial charge in [0.25, 0.3) is 0 Å². The number of amides is 1. The van der Waals surface area contributed by atoms with Crippen molar-refractivity contribution in [2.45, 2.75) is 65.0 Å². The molecule has 2 atom stereocenters. The number of rotatable bonds is 2. The topological polar surface area (TPSA) is 44.4 Å². The quantitative estimate of drug-likeness (QED) is 0.810. The van der Waals surface area contributed by atoms with Crippen LogP contribution in [0.3, 0.4) is 0 Å². The Kier molecular flexibility index (Phi) is 4.75. The summed E-state index contributed by atoms with van der Waals surface area (Å²) in [5.74, 6) is 0.165. The Labute approximate surface area is 123 Å². The molecule has 0 aliphatic carbocycles. The first kappa shape index (κ1) is 15.8. The molecular formula is C16H31N3O. The number of carbonyl (C=O) groups is 1. The lowest BCUT2D eigenvalue weighted by Crippen LogP contribution is -2.57. The number of carbonyl (C=O) groups excluding carboxylic acids is 1. The van der Waals surface area contributed by atoms with E-state index in [9.17, 15) is 4.79 Å². The largest absolute Gasteiger partial charge is 0.350 e. The highest BCUT2D eigenvalue weighted by Gasteiger charge is 2.39. The van der Waals surface area contributed by atoms with Crippen LogP contribution in [-0.2, 0) is 4.79 Å². The third kappa shape index (κ3) is 3.95. The fourth-order valence-corrected chi connectivity index (χ4v) is 3.60. The van der Waals surface area contributed by atoms with Crippen LogP contribution >= 0.6 is 0 Å². The van der Waals surface area contributed by atoms with Crippen LogP contribution in [0.5, 0.6) is 0 Å². The molecule has 1 amide bonds. The molecule has 2 heterocycles. The highest BCUT2D eigenvalue weighted by molar-refractivity contribution is 5.81. The number of hydrogen-bond acceptors (Lipinski definition) is 3. The second-order valence-corrected chi connectivity index (χ2v) is 7.77. The van der Waals surface area contributed by atoms with Gasteiger partial charge in [-0.15, -0.1) is 0 Å². The molecule has 0 saturated carbocycles. The maximum Gasteiger partial charge on any atom is 0.237 e. The standard InChI is InChI=1S/C16H31N3O/c1-13(14(20)18-15(2,3)4)19-10-6-8-16(12-19)7-5-9-17-11-16/h13,17H,5-12H2,1-4H3,(H,18,20). The summed E-state index contributed by atoms with van der Waals surface area (Å²) in [6, 6.07) is -0.0201. The van der Waals surface area contributed by atoms with E-state index in [2.05, 4.69) is 22.5 Å². The molecule has 2 saturated heterocycles. The smallest absolute Gasteiger partial charge is 0.237 e. The van der Waals surface area contributed by atoms with Crippen molar-refractivity contribution in [2.75, 3.05) is 26.2 Å². The Morgan fingerprint density at radius 2 is 2.00 bits per heavy atom. The molecule has 2 unspecified atom stereocenters. The van der Waals surface area contributed by atoms with Crippen molar-refractivity contribution >= 4 is 5.91 Å². The van der Waals surface area contributed by atoms with E-state index in [1.807, 2.05) is 20.8 Å². The van der Waals surface area contributed by atoms with E-state index in [0.717, 1.165) is 26.2 Å². The lowest BCUT2D eigenvalue weighted by atomic mass is 9.74. The minimum atomic E-state index is -0.148. The van der Waals surface area contributed by atoms with Gasteiger partial charge in [-0.05, 0) is 71.9 Å². The van der Waals surface area contributed by atoms with Gasteiger partial charge in [-0.2, -0.15) is 0 Å². The Bertz CT molecular complexity index is 337. The summed E-state index contributed by atoms with van der Waals surface area (Å²) in [6.45, 7) is 12.6. The lowest BCUT2D eigenvalue weighted by molar-refractivity contribution is -0.128. The minimum Gasteiger partial charge on any atom is -0.350 e. The molecule has 0 aromatic rings. The van der Waals surface area contributed by atoms with Crippen LogP contribution in [0.2, 0.25) is 0 Å². The first-order valence-electron chi connectivity index (χ1n) is 8.08. The van der Waals surface area contributed by atoms with Gasteiger partial charge in [0.1, 0.15) is 0 Å². The fourth-order valence-electron chi connectivity index (χ4n) is 3.60. The zero-order valence-corrected chi connectivity index (χ0v) is 13.6. The zero-order chi connectivity index (χ0) is 14.8. The summed E-state index contributed by atoms with van der Waals surface area (Å²) in [5.41, 5.74) is 0.262. The Hall–Kier alpha value is -0.610. The van der Waals surface area contributed by atoms with Gasteiger partial charge in [-0.3, -0.25) is 9.69 Å². The number of hydrogen-bond donors (Lipinski definition) is 2. The molecule has 0 aromatic heterocycles. The number of nitrogens with zero attached hydrogens (tertiary/aromatic N) is 1. The molecule has 2 aliphatic heterocycles. The summed E-state index contributed by atoms with van der Waals surface area (Å²) in [4.78, 5) is 14.7. The first-order valence-corrected chi connectivity index (χ1v) is 8.08. The van der Waals surface area contributed by atoms with Crippen molar-refractivity contribution in [3.8, 4) is 0 Å². The highest BCUT2D eigenvalue weighted by Crippen LogP contribution is 2.36. The van der Waals surface area contributed by atoms with Crippen LogP contribution in [0.15, 0.2) is 0 Å². The summed E-state index contributed by atoms with van der Waals surface area (Å²) in [5, 5.41) is 6.66. The van der Waals surface area contributed by atoms with Gasteiger partial charge in [0.05, 0.1) is 6.04 Å². The van der Waals surface area contributed by atoms with E-state index in [-0.39, 0.29) is 17.5 Å². The van der Waals surface area contributed by atoms with Crippen LogP contribution in [0, 0.1) is 5.41 Å². The van der Waals surface area contributed by atoms with E-state index in [0.29, 0.717) is 5.41 Å². The predicted molar refractivity (Wildman–Crippen MR) is 82.7 cm³/mol. The summed E-state index contributed by atoms with van der Waals surface area (Å²) in [6.07, 6.45) is 5.11. The molecule has 4 heteroatoms. The monoisotopic (exact) mass is 281 g/mol. The average Bonchev–Trinajstić information content (AvgIpc) is 2.37. The van der Waals surface area contributed by atoms with E-state index in [1.54, 1.807) is 0 Å². The maximum atomic E-state index is 12.4. The van der Waals surface area contributed by atoms with Crippen LogP contribution in [-0.4, -0.2) is 48.6 Å². The van der Waals surface area contributed by atoms with E-state index in [4.69, 9.17) is 0 Å². The van der Waals surface area contributed by atoms with Crippen molar-refractivity contribution in [2.24, 2.45) is 5.41 Å². The predicted octanol–water partition coefficient (Wildman–Crippen LogP) is 1.76. The second-order valence-electron chi connectivity index (χ2n) is 7.77. The molecule has 2 aliphatic rings. The average molecular weight is 281 g/mol. The molecule has 0 radical (unpaired) electrons. The van der Waals surface area contributed by atoms with Gasteiger partial charge < -0.3 is 10.6 Å². The molecule has 1 spiro atoms. The van der Waals surface area contributed by atoms with E-state index < -0.39 is 0 Å². The molecule has 116 valence electrons. The molecule has 2 fully saturated rings. The minimum absolute atomic E-state index is 0.0201. The van der Waals surface area contributed by atoms with Crippen molar-refractivity contribution in [1.29, 1.82) is 0 Å². The van der Waals surface area contributed by atoms with Gasteiger partial charge in [-0.25, -0.2) is 0 Å². The number of likely N-dealkylation sites (tertiary alicyclic amines) is 1.